The van der Waals surface area contributed by atoms with Gasteiger partial charge >= 0.3 is 0 Å². The summed E-state index contributed by atoms with van der Waals surface area (Å²) in [5.74, 6) is -0.441. The first-order chi connectivity index (χ1) is 15.9. The second-order valence-electron chi connectivity index (χ2n) is 6.99. The van der Waals surface area contributed by atoms with E-state index in [1.54, 1.807) is 60.7 Å². The Labute approximate surface area is 198 Å². The summed E-state index contributed by atoms with van der Waals surface area (Å²) < 4.78 is 6.25. The molecule has 2 amide bonds. The summed E-state index contributed by atoms with van der Waals surface area (Å²) in [5.41, 5.74) is 4.29. The van der Waals surface area contributed by atoms with Gasteiger partial charge in [0.15, 0.2) is 0 Å². The SMILES string of the molecule is CCOc1ccc(N=Nc2ccc(O)c(/C=C3/C(=O)NN(c4ccc(Br)cc4)C3=O)c2)cc1. The molecule has 0 radical (unpaired) electrons. The summed E-state index contributed by atoms with van der Waals surface area (Å²) in [6, 6.07) is 18.6. The minimum atomic E-state index is -0.566. The van der Waals surface area contributed by atoms with Crippen molar-refractivity contribution in [1.29, 1.82) is 0 Å². The first-order valence-corrected chi connectivity index (χ1v) is 10.8. The number of anilines is 1. The molecule has 9 heteroatoms. The Balaban J connectivity index is 1.56. The summed E-state index contributed by atoms with van der Waals surface area (Å²) in [6.45, 7) is 2.49. The number of carbonyl (C=O) groups excluding carboxylic acids is 2. The fraction of sp³-hybridized carbons (Fsp3) is 0.0833. The number of halogens is 1. The van der Waals surface area contributed by atoms with Gasteiger partial charge in [-0.1, -0.05) is 15.9 Å². The van der Waals surface area contributed by atoms with Crippen LogP contribution in [0.1, 0.15) is 12.5 Å². The molecule has 166 valence electrons. The number of phenols is 1. The number of ether oxygens (including phenoxy) is 1. The maximum Gasteiger partial charge on any atom is 0.282 e. The highest BCUT2D eigenvalue weighted by Gasteiger charge is 2.34. The third-order valence-electron chi connectivity index (χ3n) is 4.72. The van der Waals surface area contributed by atoms with Crippen LogP contribution in [0.15, 0.2) is 87.0 Å². The Hall–Kier alpha value is -3.98. The Kier molecular flexibility index (Phi) is 6.50. The third kappa shape index (κ3) is 5.09. The molecule has 0 saturated carbocycles. The smallest absolute Gasteiger partial charge is 0.282 e. The lowest BCUT2D eigenvalue weighted by Gasteiger charge is -2.14. The van der Waals surface area contributed by atoms with Gasteiger partial charge in [-0.25, -0.2) is 5.01 Å². The molecule has 3 aromatic carbocycles. The van der Waals surface area contributed by atoms with Crippen molar-refractivity contribution in [2.24, 2.45) is 10.2 Å². The number of nitrogens with one attached hydrogen (secondary N) is 1. The molecular formula is C24H19BrN4O4. The van der Waals surface area contributed by atoms with E-state index in [1.165, 1.54) is 12.1 Å². The van der Waals surface area contributed by atoms with Crippen LogP contribution in [0.25, 0.3) is 6.08 Å². The largest absolute Gasteiger partial charge is 0.507 e. The van der Waals surface area contributed by atoms with Crippen LogP contribution in [0.5, 0.6) is 11.5 Å². The molecule has 33 heavy (non-hydrogen) atoms. The first kappa shape index (κ1) is 22.2. The Morgan fingerprint density at radius 2 is 1.67 bits per heavy atom. The topological polar surface area (TPSA) is 104 Å². The number of hydrogen-bond donors (Lipinski definition) is 2. The van der Waals surface area contributed by atoms with E-state index < -0.39 is 11.8 Å². The number of amides is 2. The van der Waals surface area contributed by atoms with E-state index in [9.17, 15) is 14.7 Å². The minimum absolute atomic E-state index is 0.0924. The fourth-order valence-electron chi connectivity index (χ4n) is 3.10. The van der Waals surface area contributed by atoms with Crippen LogP contribution in [-0.2, 0) is 9.59 Å². The lowest BCUT2D eigenvalue weighted by Crippen LogP contribution is -2.35. The molecule has 0 bridgehead atoms. The first-order valence-electron chi connectivity index (χ1n) is 10.0. The highest BCUT2D eigenvalue weighted by atomic mass is 79.9. The fourth-order valence-corrected chi connectivity index (χ4v) is 3.36. The molecule has 1 saturated heterocycles. The third-order valence-corrected chi connectivity index (χ3v) is 5.24. The normalized spacial score (nSPS) is 14.8. The van der Waals surface area contributed by atoms with Crippen LogP contribution in [0.3, 0.4) is 0 Å². The average Bonchev–Trinajstić information content (AvgIpc) is 3.09. The van der Waals surface area contributed by atoms with Crippen LogP contribution in [-0.4, -0.2) is 23.5 Å². The summed E-state index contributed by atoms with van der Waals surface area (Å²) in [4.78, 5) is 25.3. The number of aromatic hydroxyl groups is 1. The molecule has 1 fully saturated rings. The van der Waals surface area contributed by atoms with Crippen LogP contribution < -0.4 is 15.2 Å². The van der Waals surface area contributed by atoms with Crippen molar-refractivity contribution in [3.8, 4) is 11.5 Å². The molecule has 0 atom stereocenters. The number of hydrazine groups is 1. The second kappa shape index (κ2) is 9.66. The molecule has 0 aromatic heterocycles. The van der Waals surface area contributed by atoms with E-state index >= 15 is 0 Å². The zero-order chi connectivity index (χ0) is 23.4. The number of rotatable bonds is 6. The van der Waals surface area contributed by atoms with Gasteiger partial charge in [-0.05, 0) is 79.7 Å². The molecule has 8 nitrogen and oxygen atoms in total. The van der Waals surface area contributed by atoms with Gasteiger partial charge in [-0.3, -0.25) is 15.0 Å². The van der Waals surface area contributed by atoms with E-state index in [2.05, 4.69) is 31.6 Å². The molecule has 2 N–H and O–H groups in total. The maximum absolute atomic E-state index is 12.8. The summed E-state index contributed by atoms with van der Waals surface area (Å²) >= 11 is 3.34. The Morgan fingerprint density at radius 3 is 2.36 bits per heavy atom. The van der Waals surface area contributed by atoms with Gasteiger partial charge in [0.25, 0.3) is 11.8 Å². The lowest BCUT2D eigenvalue weighted by atomic mass is 10.1. The van der Waals surface area contributed by atoms with E-state index in [4.69, 9.17) is 4.74 Å². The van der Waals surface area contributed by atoms with Gasteiger partial charge in [-0.2, -0.15) is 10.2 Å². The molecule has 1 aliphatic heterocycles. The number of hydrogen-bond acceptors (Lipinski definition) is 6. The number of carbonyl (C=O) groups is 2. The highest BCUT2D eigenvalue weighted by molar-refractivity contribution is 9.10. The predicted molar refractivity (Wildman–Crippen MR) is 128 cm³/mol. The van der Waals surface area contributed by atoms with Crippen LogP contribution >= 0.6 is 15.9 Å². The average molecular weight is 507 g/mol. The lowest BCUT2D eigenvalue weighted by molar-refractivity contribution is -0.117. The molecule has 0 spiro atoms. The van der Waals surface area contributed by atoms with E-state index in [0.717, 1.165) is 15.2 Å². The number of benzene rings is 3. The Morgan fingerprint density at radius 1 is 1.00 bits per heavy atom. The maximum atomic E-state index is 12.8. The van der Waals surface area contributed by atoms with Crippen LogP contribution in [0.2, 0.25) is 0 Å². The van der Waals surface area contributed by atoms with Gasteiger partial charge in [-0.15, -0.1) is 0 Å². The number of nitrogens with zero attached hydrogens (tertiary/aromatic N) is 3. The quantitative estimate of drug-likeness (QED) is 0.264. The number of azo groups is 1. The van der Waals surface area contributed by atoms with E-state index in [-0.39, 0.29) is 16.9 Å². The standard InChI is InChI=1S/C24H19BrN4O4/c1-2-33-20-10-5-17(6-11-20)26-27-18-7-12-22(30)15(13-18)14-21-23(31)28-29(24(21)32)19-8-3-16(25)4-9-19/h3-14,30H,2H2,1H3,(H,28,31)/b21-14-,27-26?. The highest BCUT2D eigenvalue weighted by Crippen LogP contribution is 2.29. The monoisotopic (exact) mass is 506 g/mol. The molecule has 3 aromatic rings. The van der Waals surface area contributed by atoms with Crippen molar-refractivity contribution in [3.63, 3.8) is 0 Å². The van der Waals surface area contributed by atoms with Gasteiger partial charge in [0.2, 0.25) is 0 Å². The van der Waals surface area contributed by atoms with Gasteiger partial charge in [0.05, 0.1) is 23.7 Å². The van der Waals surface area contributed by atoms with E-state index in [0.29, 0.717) is 23.7 Å². The molecule has 0 aliphatic carbocycles. The van der Waals surface area contributed by atoms with Crippen molar-refractivity contribution in [3.05, 3.63) is 82.3 Å². The number of phenolic OH excluding ortho intramolecular Hbond substituents is 1. The summed E-state index contributed by atoms with van der Waals surface area (Å²) in [7, 11) is 0. The van der Waals surface area contributed by atoms with Gasteiger partial charge < -0.3 is 9.84 Å². The second-order valence-corrected chi connectivity index (χ2v) is 7.90. The molecule has 1 heterocycles. The summed E-state index contributed by atoms with van der Waals surface area (Å²) in [5, 5.41) is 19.8. The molecule has 4 rings (SSSR count). The molecule has 0 unspecified atom stereocenters. The zero-order valence-corrected chi connectivity index (χ0v) is 19.1. The van der Waals surface area contributed by atoms with Crippen molar-refractivity contribution >= 4 is 50.9 Å². The predicted octanol–water partition coefficient (Wildman–Crippen LogP) is 5.43. The molecular weight excluding hydrogens is 488 g/mol. The van der Waals surface area contributed by atoms with Crippen molar-refractivity contribution in [2.45, 2.75) is 6.92 Å². The van der Waals surface area contributed by atoms with Crippen molar-refractivity contribution in [1.82, 2.24) is 5.43 Å². The van der Waals surface area contributed by atoms with Crippen LogP contribution in [0, 0.1) is 0 Å². The van der Waals surface area contributed by atoms with Gasteiger partial charge in [0, 0.05) is 10.0 Å². The Bertz CT molecular complexity index is 1250. The van der Waals surface area contributed by atoms with Gasteiger partial charge in [0.1, 0.15) is 17.1 Å². The van der Waals surface area contributed by atoms with Crippen molar-refractivity contribution < 1.29 is 19.4 Å². The van der Waals surface area contributed by atoms with E-state index in [1.807, 2.05) is 6.92 Å². The van der Waals surface area contributed by atoms with Crippen LogP contribution in [0.4, 0.5) is 17.1 Å². The molecule has 1 aliphatic rings. The van der Waals surface area contributed by atoms with Crippen molar-refractivity contribution in [2.75, 3.05) is 11.6 Å². The minimum Gasteiger partial charge on any atom is -0.507 e. The zero-order valence-electron chi connectivity index (χ0n) is 17.5. The summed E-state index contributed by atoms with van der Waals surface area (Å²) in [6.07, 6.45) is 1.34.